The van der Waals surface area contributed by atoms with E-state index in [2.05, 4.69) is 0 Å². The molecule has 2 fully saturated rings. The van der Waals surface area contributed by atoms with Crippen LogP contribution < -0.4 is 14.5 Å². The first kappa shape index (κ1) is 21.7. The zero-order valence-corrected chi connectivity index (χ0v) is 18.5. The molecule has 3 amide bonds. The Bertz CT molecular complexity index is 1090. The summed E-state index contributed by atoms with van der Waals surface area (Å²) in [5, 5.41) is 0. The molecule has 1 atom stereocenters. The number of imide groups is 1. The fourth-order valence-corrected chi connectivity index (χ4v) is 4.39. The van der Waals surface area contributed by atoms with Crippen molar-refractivity contribution >= 4 is 35.1 Å². The van der Waals surface area contributed by atoms with E-state index in [4.69, 9.17) is 4.74 Å². The van der Waals surface area contributed by atoms with Gasteiger partial charge in [0.25, 0.3) is 0 Å². The Morgan fingerprint density at radius 3 is 2.19 bits per heavy atom. The number of piperidine rings is 1. The lowest BCUT2D eigenvalue weighted by Gasteiger charge is -2.26. The van der Waals surface area contributed by atoms with Gasteiger partial charge >= 0.3 is 5.97 Å². The van der Waals surface area contributed by atoms with E-state index in [0.29, 0.717) is 36.3 Å². The average molecular weight is 434 g/mol. The molecule has 0 radical (unpaired) electrons. The van der Waals surface area contributed by atoms with Crippen molar-refractivity contribution in [3.05, 3.63) is 53.1 Å². The molecule has 2 saturated heterocycles. The van der Waals surface area contributed by atoms with Gasteiger partial charge in [-0.05, 0) is 74.2 Å². The number of hydrogen-bond donors (Lipinski definition) is 0. The smallest absolute Gasteiger partial charge is 0.316 e. The summed E-state index contributed by atoms with van der Waals surface area (Å²) in [6, 6.07) is 10.7. The van der Waals surface area contributed by atoms with Gasteiger partial charge in [0.2, 0.25) is 17.7 Å². The number of hydrogen-bond acceptors (Lipinski definition) is 5. The number of anilines is 2. The predicted octanol–water partition coefficient (Wildman–Crippen LogP) is 3.61. The second kappa shape index (κ2) is 8.57. The molecule has 7 heteroatoms. The van der Waals surface area contributed by atoms with E-state index in [1.807, 2.05) is 32.0 Å². The number of amides is 3. The standard InChI is InChI=1S/C25H26N2O5/c1-15-9-16(2)11-19(10-15)26-14-18(13-24(26)30)25(31)32-20-7-8-21(17(3)12-20)27-22(28)5-4-6-23(27)29/h7-12,18H,4-6,13-14H2,1-3H3/t18-/m1/s1. The van der Waals surface area contributed by atoms with Crippen molar-refractivity contribution in [3.63, 3.8) is 0 Å². The summed E-state index contributed by atoms with van der Waals surface area (Å²) in [5.41, 5.74) is 4.08. The van der Waals surface area contributed by atoms with Gasteiger partial charge in [0.1, 0.15) is 5.75 Å². The molecule has 0 N–H and O–H groups in total. The molecular formula is C25H26N2O5. The van der Waals surface area contributed by atoms with Crippen LogP contribution in [-0.4, -0.2) is 30.2 Å². The highest BCUT2D eigenvalue weighted by atomic mass is 16.5. The molecular weight excluding hydrogens is 408 g/mol. The van der Waals surface area contributed by atoms with Crippen molar-refractivity contribution < 1.29 is 23.9 Å². The van der Waals surface area contributed by atoms with Crippen LogP contribution in [0.5, 0.6) is 5.75 Å². The Morgan fingerprint density at radius 2 is 1.56 bits per heavy atom. The molecule has 0 aliphatic carbocycles. The first-order chi connectivity index (χ1) is 15.2. The topological polar surface area (TPSA) is 84.0 Å². The third-order valence-electron chi connectivity index (χ3n) is 5.88. The Hall–Kier alpha value is -3.48. The van der Waals surface area contributed by atoms with Crippen molar-refractivity contribution in [2.24, 2.45) is 5.92 Å². The number of rotatable bonds is 4. The SMILES string of the molecule is Cc1cc(C)cc(N2C[C@H](C(=O)Oc3ccc(N4C(=O)CCCC4=O)c(C)c3)CC2=O)c1. The lowest BCUT2D eigenvalue weighted by Crippen LogP contribution is -2.40. The summed E-state index contributed by atoms with van der Waals surface area (Å²) in [7, 11) is 0. The highest BCUT2D eigenvalue weighted by Crippen LogP contribution is 2.31. The zero-order chi connectivity index (χ0) is 23.0. The van der Waals surface area contributed by atoms with E-state index in [1.165, 1.54) is 4.90 Å². The maximum absolute atomic E-state index is 12.8. The average Bonchev–Trinajstić information content (AvgIpc) is 3.10. The fourth-order valence-electron chi connectivity index (χ4n) is 4.39. The molecule has 0 bridgehead atoms. The van der Waals surface area contributed by atoms with E-state index in [0.717, 1.165) is 16.8 Å². The number of esters is 1. The summed E-state index contributed by atoms with van der Waals surface area (Å²) >= 11 is 0. The molecule has 2 aliphatic rings. The molecule has 0 spiro atoms. The van der Waals surface area contributed by atoms with Crippen molar-refractivity contribution in [2.45, 2.75) is 46.5 Å². The highest BCUT2D eigenvalue weighted by molar-refractivity contribution is 6.16. The van der Waals surface area contributed by atoms with Gasteiger partial charge in [0, 0.05) is 31.5 Å². The monoisotopic (exact) mass is 434 g/mol. The van der Waals surface area contributed by atoms with E-state index < -0.39 is 11.9 Å². The van der Waals surface area contributed by atoms with E-state index in [-0.39, 0.29) is 30.7 Å². The van der Waals surface area contributed by atoms with Crippen LogP contribution in [-0.2, 0) is 19.2 Å². The van der Waals surface area contributed by atoms with Crippen molar-refractivity contribution in [3.8, 4) is 5.75 Å². The van der Waals surface area contributed by atoms with Gasteiger partial charge in [0.05, 0.1) is 11.6 Å². The number of nitrogens with zero attached hydrogens (tertiary/aromatic N) is 2. The maximum Gasteiger partial charge on any atom is 0.316 e. The Kier molecular flexibility index (Phi) is 5.82. The second-order valence-corrected chi connectivity index (χ2v) is 8.60. The minimum Gasteiger partial charge on any atom is -0.426 e. The molecule has 0 unspecified atom stereocenters. The summed E-state index contributed by atoms with van der Waals surface area (Å²) in [6.07, 6.45) is 1.35. The molecule has 2 aromatic rings. The summed E-state index contributed by atoms with van der Waals surface area (Å²) in [6.45, 7) is 5.98. The van der Waals surface area contributed by atoms with Gasteiger partial charge in [-0.1, -0.05) is 6.07 Å². The van der Waals surface area contributed by atoms with Gasteiger partial charge in [-0.2, -0.15) is 0 Å². The Morgan fingerprint density at radius 1 is 0.906 bits per heavy atom. The van der Waals surface area contributed by atoms with Crippen molar-refractivity contribution in [2.75, 3.05) is 16.3 Å². The summed E-state index contributed by atoms with van der Waals surface area (Å²) in [4.78, 5) is 52.5. The van der Waals surface area contributed by atoms with Crippen LogP contribution in [0.3, 0.4) is 0 Å². The summed E-state index contributed by atoms with van der Waals surface area (Å²) < 4.78 is 5.55. The Labute approximate surface area is 187 Å². The normalized spacial score (nSPS) is 19.0. The minimum atomic E-state index is -0.562. The zero-order valence-electron chi connectivity index (χ0n) is 18.5. The van der Waals surface area contributed by atoms with Crippen LogP contribution in [0.2, 0.25) is 0 Å². The van der Waals surface area contributed by atoms with Crippen LogP contribution >= 0.6 is 0 Å². The molecule has 0 aromatic heterocycles. The number of carbonyl (C=O) groups excluding carboxylic acids is 4. The van der Waals surface area contributed by atoms with Crippen LogP contribution in [0.1, 0.15) is 42.4 Å². The van der Waals surface area contributed by atoms with Crippen LogP contribution in [0.25, 0.3) is 0 Å². The van der Waals surface area contributed by atoms with Crippen LogP contribution in [0.15, 0.2) is 36.4 Å². The molecule has 7 nitrogen and oxygen atoms in total. The van der Waals surface area contributed by atoms with Gasteiger partial charge in [-0.25, -0.2) is 0 Å². The fraction of sp³-hybridized carbons (Fsp3) is 0.360. The molecule has 0 saturated carbocycles. The van der Waals surface area contributed by atoms with Gasteiger partial charge in [0.15, 0.2) is 0 Å². The molecule has 32 heavy (non-hydrogen) atoms. The van der Waals surface area contributed by atoms with Gasteiger partial charge < -0.3 is 9.64 Å². The highest BCUT2D eigenvalue weighted by Gasteiger charge is 2.36. The summed E-state index contributed by atoms with van der Waals surface area (Å²) in [5.74, 6) is -1.25. The number of ether oxygens (including phenoxy) is 1. The van der Waals surface area contributed by atoms with Crippen LogP contribution in [0, 0.1) is 26.7 Å². The molecule has 2 aliphatic heterocycles. The minimum absolute atomic E-state index is 0.0969. The first-order valence-electron chi connectivity index (χ1n) is 10.8. The molecule has 166 valence electrons. The van der Waals surface area contributed by atoms with E-state index >= 15 is 0 Å². The van der Waals surface area contributed by atoms with E-state index in [1.54, 1.807) is 30.0 Å². The van der Waals surface area contributed by atoms with Gasteiger partial charge in [-0.3, -0.25) is 24.1 Å². The van der Waals surface area contributed by atoms with Gasteiger partial charge in [-0.15, -0.1) is 0 Å². The number of benzene rings is 2. The lowest BCUT2D eigenvalue weighted by molar-refractivity contribution is -0.139. The van der Waals surface area contributed by atoms with Crippen molar-refractivity contribution in [1.29, 1.82) is 0 Å². The van der Waals surface area contributed by atoms with Crippen molar-refractivity contribution in [1.82, 2.24) is 0 Å². The first-order valence-corrected chi connectivity index (χ1v) is 10.8. The number of carbonyl (C=O) groups is 4. The second-order valence-electron chi connectivity index (χ2n) is 8.60. The number of aryl methyl sites for hydroxylation is 3. The molecule has 4 rings (SSSR count). The largest absolute Gasteiger partial charge is 0.426 e. The molecule has 2 heterocycles. The Balaban J connectivity index is 1.46. The lowest BCUT2D eigenvalue weighted by atomic mass is 10.1. The maximum atomic E-state index is 12.8. The quantitative estimate of drug-likeness (QED) is 0.417. The molecule has 2 aromatic carbocycles. The third kappa shape index (κ3) is 4.28. The predicted molar refractivity (Wildman–Crippen MR) is 120 cm³/mol. The van der Waals surface area contributed by atoms with E-state index in [9.17, 15) is 19.2 Å². The van der Waals surface area contributed by atoms with Crippen LogP contribution in [0.4, 0.5) is 11.4 Å². The third-order valence-corrected chi connectivity index (χ3v) is 5.88.